The average Bonchev–Trinajstić information content (AvgIpc) is 2.61. The molecule has 1 aliphatic rings. The Bertz CT molecular complexity index is 751. The highest BCUT2D eigenvalue weighted by molar-refractivity contribution is 6.30. The Balaban J connectivity index is 1.59. The molecule has 1 heterocycles. The average molecular weight is 361 g/mol. The van der Waals surface area contributed by atoms with Gasteiger partial charge in [-0.15, -0.1) is 0 Å². The van der Waals surface area contributed by atoms with E-state index in [1.165, 1.54) is 0 Å². The summed E-state index contributed by atoms with van der Waals surface area (Å²) in [4.78, 5) is 14.4. The minimum Gasteiger partial charge on any atom is -0.486 e. The van der Waals surface area contributed by atoms with Gasteiger partial charge in [-0.1, -0.05) is 30.7 Å². The number of fused-ring (bicyclic) bond motifs is 1. The van der Waals surface area contributed by atoms with Gasteiger partial charge >= 0.3 is 0 Å². The molecule has 1 aliphatic heterocycles. The quantitative estimate of drug-likeness (QED) is 0.855. The van der Waals surface area contributed by atoms with Crippen LogP contribution < -0.4 is 14.8 Å². The number of hydrogen-bond donors (Lipinski definition) is 1. The van der Waals surface area contributed by atoms with E-state index in [0.29, 0.717) is 48.5 Å². The number of amides is 1. The van der Waals surface area contributed by atoms with Crippen molar-refractivity contribution in [3.63, 3.8) is 0 Å². The van der Waals surface area contributed by atoms with E-state index in [4.69, 9.17) is 21.1 Å². The fourth-order valence-electron chi connectivity index (χ4n) is 2.70. The third-order valence-electron chi connectivity index (χ3n) is 3.94. The first kappa shape index (κ1) is 17.6. The maximum atomic E-state index is 12.4. The van der Waals surface area contributed by atoms with E-state index in [9.17, 15) is 4.79 Å². The monoisotopic (exact) mass is 360 g/mol. The summed E-state index contributed by atoms with van der Waals surface area (Å²) in [6.07, 6.45) is 0. The molecule has 3 rings (SSSR count). The molecule has 0 aliphatic carbocycles. The number of ether oxygens (including phenoxy) is 2. The van der Waals surface area contributed by atoms with Gasteiger partial charge in [0, 0.05) is 23.3 Å². The van der Waals surface area contributed by atoms with Crippen molar-refractivity contribution in [1.29, 1.82) is 0 Å². The maximum absolute atomic E-state index is 12.4. The Morgan fingerprint density at radius 1 is 1.16 bits per heavy atom. The molecular formula is C19H21ClN2O3. The van der Waals surface area contributed by atoms with Crippen LogP contribution in [0.15, 0.2) is 42.5 Å². The Kier molecular flexibility index (Phi) is 5.79. The van der Waals surface area contributed by atoms with Crippen molar-refractivity contribution in [2.24, 2.45) is 0 Å². The minimum absolute atomic E-state index is 0.0689. The van der Waals surface area contributed by atoms with E-state index >= 15 is 0 Å². The minimum atomic E-state index is -0.0689. The number of anilines is 1. The van der Waals surface area contributed by atoms with E-state index < -0.39 is 0 Å². The number of nitrogens with zero attached hydrogens (tertiary/aromatic N) is 1. The number of halogens is 1. The smallest absolute Gasteiger partial charge is 0.238 e. The van der Waals surface area contributed by atoms with Crippen LogP contribution >= 0.6 is 11.6 Å². The van der Waals surface area contributed by atoms with E-state index in [1.807, 2.05) is 43.3 Å². The predicted octanol–water partition coefficient (Wildman–Crippen LogP) is 3.57. The summed E-state index contributed by atoms with van der Waals surface area (Å²) >= 11 is 6.02. The molecule has 2 aromatic carbocycles. The lowest BCUT2D eigenvalue weighted by Gasteiger charge is -2.21. The number of carbonyl (C=O) groups excluding carboxylic acids is 1. The van der Waals surface area contributed by atoms with Crippen LogP contribution in [0.1, 0.15) is 12.5 Å². The van der Waals surface area contributed by atoms with Gasteiger partial charge in [0.05, 0.1) is 6.54 Å². The molecule has 0 saturated heterocycles. The van der Waals surface area contributed by atoms with Gasteiger partial charge < -0.3 is 14.8 Å². The third kappa shape index (κ3) is 4.87. The summed E-state index contributed by atoms with van der Waals surface area (Å²) < 4.78 is 11.0. The van der Waals surface area contributed by atoms with Crippen molar-refractivity contribution in [1.82, 2.24) is 4.90 Å². The summed E-state index contributed by atoms with van der Waals surface area (Å²) in [7, 11) is 0. The van der Waals surface area contributed by atoms with Crippen LogP contribution in [0.3, 0.4) is 0 Å². The first-order valence-electron chi connectivity index (χ1n) is 8.30. The van der Waals surface area contributed by atoms with Crippen molar-refractivity contribution in [2.75, 3.05) is 31.6 Å². The molecule has 0 aromatic heterocycles. The molecule has 0 radical (unpaired) electrons. The molecule has 0 unspecified atom stereocenters. The SMILES string of the molecule is CCN(CC(=O)Nc1ccc2c(c1)OCCO2)Cc1cccc(Cl)c1. The Morgan fingerprint density at radius 2 is 1.96 bits per heavy atom. The van der Waals surface area contributed by atoms with Crippen LogP contribution in [-0.2, 0) is 11.3 Å². The Labute approximate surface area is 152 Å². The van der Waals surface area contributed by atoms with Gasteiger partial charge in [0.15, 0.2) is 11.5 Å². The molecule has 0 bridgehead atoms. The number of rotatable bonds is 6. The van der Waals surface area contributed by atoms with Gasteiger partial charge in [-0.05, 0) is 36.4 Å². The Hall–Kier alpha value is -2.24. The lowest BCUT2D eigenvalue weighted by atomic mass is 10.2. The number of benzene rings is 2. The molecule has 132 valence electrons. The zero-order valence-corrected chi connectivity index (χ0v) is 14.9. The second kappa shape index (κ2) is 8.23. The second-order valence-corrected chi connectivity index (χ2v) is 6.28. The van der Waals surface area contributed by atoms with Crippen LogP contribution in [0.5, 0.6) is 11.5 Å². The third-order valence-corrected chi connectivity index (χ3v) is 4.17. The van der Waals surface area contributed by atoms with E-state index in [1.54, 1.807) is 6.07 Å². The first-order valence-corrected chi connectivity index (χ1v) is 8.68. The van der Waals surface area contributed by atoms with E-state index in [0.717, 1.165) is 12.1 Å². The molecule has 0 saturated carbocycles. The topological polar surface area (TPSA) is 50.8 Å². The molecular weight excluding hydrogens is 340 g/mol. The van der Waals surface area contributed by atoms with Crippen LogP contribution in [0.2, 0.25) is 5.02 Å². The van der Waals surface area contributed by atoms with E-state index in [2.05, 4.69) is 10.2 Å². The van der Waals surface area contributed by atoms with Crippen LogP contribution in [0.25, 0.3) is 0 Å². The van der Waals surface area contributed by atoms with Gasteiger partial charge in [-0.2, -0.15) is 0 Å². The number of likely N-dealkylation sites (N-methyl/N-ethyl adjacent to an activating group) is 1. The van der Waals surface area contributed by atoms with Gasteiger partial charge in [-0.25, -0.2) is 0 Å². The van der Waals surface area contributed by atoms with E-state index in [-0.39, 0.29) is 5.91 Å². The lowest BCUT2D eigenvalue weighted by molar-refractivity contribution is -0.117. The highest BCUT2D eigenvalue weighted by atomic mass is 35.5. The Morgan fingerprint density at radius 3 is 2.72 bits per heavy atom. The van der Waals surface area contributed by atoms with Crippen molar-refractivity contribution < 1.29 is 14.3 Å². The zero-order chi connectivity index (χ0) is 17.6. The molecule has 0 atom stereocenters. The van der Waals surface area contributed by atoms with Gasteiger partial charge in [0.1, 0.15) is 13.2 Å². The molecule has 6 heteroatoms. The molecule has 1 amide bonds. The lowest BCUT2D eigenvalue weighted by Crippen LogP contribution is -2.32. The molecule has 0 fully saturated rings. The largest absolute Gasteiger partial charge is 0.486 e. The van der Waals surface area contributed by atoms with Crippen LogP contribution in [-0.4, -0.2) is 37.1 Å². The number of hydrogen-bond acceptors (Lipinski definition) is 4. The maximum Gasteiger partial charge on any atom is 0.238 e. The van der Waals surface area contributed by atoms with Crippen LogP contribution in [0, 0.1) is 0 Å². The predicted molar refractivity (Wildman–Crippen MR) is 98.5 cm³/mol. The number of carbonyl (C=O) groups is 1. The molecule has 2 aromatic rings. The van der Waals surface area contributed by atoms with Crippen molar-refractivity contribution in [3.8, 4) is 11.5 Å². The summed E-state index contributed by atoms with van der Waals surface area (Å²) in [5, 5.41) is 3.61. The fraction of sp³-hybridized carbons (Fsp3) is 0.316. The summed E-state index contributed by atoms with van der Waals surface area (Å²) in [6.45, 7) is 4.84. The summed E-state index contributed by atoms with van der Waals surface area (Å²) in [6, 6.07) is 13.1. The van der Waals surface area contributed by atoms with Gasteiger partial charge in [0.25, 0.3) is 0 Å². The van der Waals surface area contributed by atoms with Crippen molar-refractivity contribution in [3.05, 3.63) is 53.1 Å². The summed E-state index contributed by atoms with van der Waals surface area (Å²) in [5.74, 6) is 1.30. The van der Waals surface area contributed by atoms with Gasteiger partial charge in [-0.3, -0.25) is 9.69 Å². The van der Waals surface area contributed by atoms with Crippen LogP contribution in [0.4, 0.5) is 5.69 Å². The standard InChI is InChI=1S/C19H21ClN2O3/c1-2-22(12-14-4-3-5-15(20)10-14)13-19(23)21-16-6-7-17-18(11-16)25-9-8-24-17/h3-7,10-11H,2,8-9,12-13H2,1H3,(H,21,23). The molecule has 5 nitrogen and oxygen atoms in total. The second-order valence-electron chi connectivity index (χ2n) is 5.84. The fourth-order valence-corrected chi connectivity index (χ4v) is 2.91. The molecule has 0 spiro atoms. The molecule has 1 N–H and O–H groups in total. The highest BCUT2D eigenvalue weighted by Gasteiger charge is 2.14. The highest BCUT2D eigenvalue weighted by Crippen LogP contribution is 2.32. The van der Waals surface area contributed by atoms with Crippen molar-refractivity contribution >= 4 is 23.2 Å². The van der Waals surface area contributed by atoms with Crippen molar-refractivity contribution in [2.45, 2.75) is 13.5 Å². The molecule has 25 heavy (non-hydrogen) atoms. The normalized spacial score (nSPS) is 12.9. The first-order chi connectivity index (χ1) is 12.1. The number of nitrogens with one attached hydrogen (secondary N) is 1. The summed E-state index contributed by atoms with van der Waals surface area (Å²) in [5.41, 5.74) is 1.79. The van der Waals surface area contributed by atoms with Gasteiger partial charge in [0.2, 0.25) is 5.91 Å². The zero-order valence-electron chi connectivity index (χ0n) is 14.1.